The third-order valence-electron chi connectivity index (χ3n) is 3.24. The highest BCUT2D eigenvalue weighted by Crippen LogP contribution is 2.24. The number of hydrogen-bond donors (Lipinski definition) is 2. The van der Waals surface area contributed by atoms with Crippen LogP contribution < -0.4 is 11.3 Å². The normalized spacial score (nSPS) is 12.4. The van der Waals surface area contributed by atoms with Crippen LogP contribution in [0, 0.1) is 18.6 Å². The molecule has 0 fully saturated rings. The van der Waals surface area contributed by atoms with E-state index in [1.165, 1.54) is 6.07 Å². The van der Waals surface area contributed by atoms with Crippen LogP contribution >= 0.6 is 11.6 Å². The Morgan fingerprint density at radius 1 is 1.25 bits per heavy atom. The van der Waals surface area contributed by atoms with Crippen molar-refractivity contribution in [2.75, 3.05) is 0 Å². The van der Waals surface area contributed by atoms with E-state index in [9.17, 15) is 8.78 Å². The van der Waals surface area contributed by atoms with E-state index in [2.05, 4.69) is 5.43 Å². The molecule has 0 bridgehead atoms. The zero-order valence-electron chi connectivity index (χ0n) is 11.0. The minimum absolute atomic E-state index is 0.251. The van der Waals surface area contributed by atoms with Gasteiger partial charge in [-0.15, -0.1) is 0 Å². The highest BCUT2D eigenvalue weighted by atomic mass is 35.5. The van der Waals surface area contributed by atoms with Gasteiger partial charge in [-0.3, -0.25) is 11.3 Å². The highest BCUT2D eigenvalue weighted by Gasteiger charge is 2.15. The minimum Gasteiger partial charge on any atom is -0.271 e. The molecule has 20 heavy (non-hydrogen) atoms. The lowest BCUT2D eigenvalue weighted by Gasteiger charge is -2.18. The predicted octanol–water partition coefficient (Wildman–Crippen LogP) is 3.67. The van der Waals surface area contributed by atoms with Crippen molar-refractivity contribution in [3.05, 3.63) is 69.7 Å². The standard InChI is InChI=1S/C15H15ClF2N2/c1-9-7-10(5-6-12(9)16)14(20-19)8-11-3-2-4-13(17)15(11)18/h2-7,14,20H,8,19H2,1H3. The van der Waals surface area contributed by atoms with E-state index in [1.54, 1.807) is 12.1 Å². The summed E-state index contributed by atoms with van der Waals surface area (Å²) in [6, 6.07) is 9.26. The van der Waals surface area contributed by atoms with E-state index in [4.69, 9.17) is 17.4 Å². The molecule has 0 saturated heterocycles. The fourth-order valence-corrected chi connectivity index (χ4v) is 2.20. The van der Waals surface area contributed by atoms with Crippen LogP contribution in [0.15, 0.2) is 36.4 Å². The molecule has 2 aromatic rings. The lowest BCUT2D eigenvalue weighted by Crippen LogP contribution is -2.30. The maximum absolute atomic E-state index is 13.7. The van der Waals surface area contributed by atoms with E-state index in [1.807, 2.05) is 19.1 Å². The molecule has 106 valence electrons. The van der Waals surface area contributed by atoms with Gasteiger partial charge >= 0.3 is 0 Å². The summed E-state index contributed by atoms with van der Waals surface area (Å²) in [5.41, 5.74) is 4.69. The summed E-state index contributed by atoms with van der Waals surface area (Å²) in [6.07, 6.45) is 0.251. The summed E-state index contributed by atoms with van der Waals surface area (Å²) in [5, 5.41) is 0.654. The molecule has 2 rings (SSSR count). The molecule has 0 aromatic heterocycles. The number of rotatable bonds is 4. The van der Waals surface area contributed by atoms with Crippen molar-refractivity contribution in [3.63, 3.8) is 0 Å². The zero-order valence-corrected chi connectivity index (χ0v) is 11.7. The second kappa shape index (κ2) is 6.31. The average Bonchev–Trinajstić information content (AvgIpc) is 2.44. The van der Waals surface area contributed by atoms with Gasteiger partial charge in [-0.25, -0.2) is 8.78 Å². The minimum atomic E-state index is -0.856. The number of halogens is 3. The Morgan fingerprint density at radius 2 is 2.00 bits per heavy atom. The van der Waals surface area contributed by atoms with Gasteiger partial charge in [0.15, 0.2) is 11.6 Å². The molecule has 1 unspecified atom stereocenters. The fraction of sp³-hybridized carbons (Fsp3) is 0.200. The topological polar surface area (TPSA) is 38.0 Å². The van der Waals surface area contributed by atoms with Crippen LogP contribution in [0.1, 0.15) is 22.7 Å². The van der Waals surface area contributed by atoms with Gasteiger partial charge in [-0.05, 0) is 42.2 Å². The molecule has 0 radical (unpaired) electrons. The SMILES string of the molecule is Cc1cc(C(Cc2cccc(F)c2F)NN)ccc1Cl. The van der Waals surface area contributed by atoms with Gasteiger partial charge in [0.05, 0.1) is 6.04 Å². The summed E-state index contributed by atoms with van der Waals surface area (Å²) < 4.78 is 26.9. The van der Waals surface area contributed by atoms with Gasteiger partial charge in [0.2, 0.25) is 0 Å². The number of nitrogens with two attached hydrogens (primary N) is 1. The summed E-state index contributed by atoms with van der Waals surface area (Å²) >= 11 is 5.97. The molecular formula is C15H15ClF2N2. The van der Waals surface area contributed by atoms with Gasteiger partial charge in [-0.2, -0.15) is 0 Å². The van der Waals surface area contributed by atoms with Crippen LogP contribution in [0.25, 0.3) is 0 Å². The Kier molecular flexibility index (Phi) is 4.70. The number of hydrazine groups is 1. The molecule has 0 heterocycles. The lowest BCUT2D eigenvalue weighted by atomic mass is 9.97. The maximum Gasteiger partial charge on any atom is 0.162 e. The molecule has 5 heteroatoms. The molecule has 2 aromatic carbocycles. The van der Waals surface area contributed by atoms with Crippen molar-refractivity contribution < 1.29 is 8.78 Å². The second-order valence-corrected chi connectivity index (χ2v) is 5.05. The summed E-state index contributed by atoms with van der Waals surface area (Å²) in [4.78, 5) is 0. The fourth-order valence-electron chi connectivity index (χ4n) is 2.08. The van der Waals surface area contributed by atoms with Crippen LogP contribution in [-0.4, -0.2) is 0 Å². The van der Waals surface area contributed by atoms with Crippen molar-refractivity contribution in [2.45, 2.75) is 19.4 Å². The van der Waals surface area contributed by atoms with Crippen LogP contribution in [0.4, 0.5) is 8.78 Å². The first-order valence-electron chi connectivity index (χ1n) is 6.18. The summed E-state index contributed by atoms with van der Waals surface area (Å²) in [5.74, 6) is 3.84. The molecular weight excluding hydrogens is 282 g/mol. The lowest BCUT2D eigenvalue weighted by molar-refractivity contribution is 0.481. The van der Waals surface area contributed by atoms with Gasteiger partial charge in [-0.1, -0.05) is 35.9 Å². The summed E-state index contributed by atoms with van der Waals surface area (Å²) in [6.45, 7) is 1.88. The van der Waals surface area contributed by atoms with E-state index in [-0.39, 0.29) is 18.0 Å². The highest BCUT2D eigenvalue weighted by molar-refractivity contribution is 6.31. The average molecular weight is 297 g/mol. The van der Waals surface area contributed by atoms with Crippen molar-refractivity contribution >= 4 is 11.6 Å². The first-order chi connectivity index (χ1) is 9.52. The second-order valence-electron chi connectivity index (χ2n) is 4.64. The summed E-state index contributed by atoms with van der Waals surface area (Å²) in [7, 11) is 0. The molecule has 0 spiro atoms. The van der Waals surface area contributed by atoms with Gasteiger partial charge in [0, 0.05) is 5.02 Å². The predicted molar refractivity (Wildman–Crippen MR) is 76.3 cm³/mol. The monoisotopic (exact) mass is 296 g/mol. The number of benzene rings is 2. The number of aryl methyl sites for hydroxylation is 1. The third-order valence-corrected chi connectivity index (χ3v) is 3.67. The zero-order chi connectivity index (χ0) is 14.7. The van der Waals surface area contributed by atoms with Crippen LogP contribution in [0.3, 0.4) is 0 Å². The van der Waals surface area contributed by atoms with E-state index in [0.717, 1.165) is 17.2 Å². The smallest absolute Gasteiger partial charge is 0.162 e. The van der Waals surface area contributed by atoms with Crippen molar-refractivity contribution in [3.8, 4) is 0 Å². The van der Waals surface area contributed by atoms with E-state index >= 15 is 0 Å². The van der Waals surface area contributed by atoms with E-state index in [0.29, 0.717) is 5.02 Å². The van der Waals surface area contributed by atoms with Gasteiger partial charge in [0.1, 0.15) is 0 Å². The molecule has 0 aliphatic carbocycles. The maximum atomic E-state index is 13.7. The molecule has 1 atom stereocenters. The van der Waals surface area contributed by atoms with E-state index < -0.39 is 11.6 Å². The molecule has 0 aliphatic heterocycles. The van der Waals surface area contributed by atoms with Crippen LogP contribution in [0.5, 0.6) is 0 Å². The first kappa shape index (κ1) is 14.9. The molecule has 2 nitrogen and oxygen atoms in total. The van der Waals surface area contributed by atoms with Crippen molar-refractivity contribution in [2.24, 2.45) is 5.84 Å². The Morgan fingerprint density at radius 3 is 2.65 bits per heavy atom. The Bertz CT molecular complexity index is 617. The van der Waals surface area contributed by atoms with Crippen molar-refractivity contribution in [1.29, 1.82) is 0 Å². The molecule has 0 amide bonds. The number of hydrogen-bond acceptors (Lipinski definition) is 2. The molecule has 3 N–H and O–H groups in total. The molecule has 0 saturated carbocycles. The Hall–Kier alpha value is -1.49. The third kappa shape index (κ3) is 3.15. The Balaban J connectivity index is 2.28. The van der Waals surface area contributed by atoms with Crippen LogP contribution in [0.2, 0.25) is 5.02 Å². The molecule has 0 aliphatic rings. The van der Waals surface area contributed by atoms with Crippen molar-refractivity contribution in [1.82, 2.24) is 5.43 Å². The Labute approximate surface area is 121 Å². The van der Waals surface area contributed by atoms with Crippen LogP contribution in [-0.2, 0) is 6.42 Å². The quantitative estimate of drug-likeness (QED) is 0.667. The first-order valence-corrected chi connectivity index (χ1v) is 6.55. The number of nitrogens with one attached hydrogen (secondary N) is 1. The largest absolute Gasteiger partial charge is 0.271 e. The van der Waals surface area contributed by atoms with Gasteiger partial charge < -0.3 is 0 Å². The van der Waals surface area contributed by atoms with Gasteiger partial charge in [0.25, 0.3) is 0 Å².